The predicted molar refractivity (Wildman–Crippen MR) is 105 cm³/mol. The van der Waals surface area contributed by atoms with Crippen molar-refractivity contribution in [2.45, 2.75) is 72.6 Å². The third-order valence-electron chi connectivity index (χ3n) is 4.84. The van der Waals surface area contributed by atoms with Crippen LogP contribution >= 0.6 is 7.29 Å². The summed E-state index contributed by atoms with van der Waals surface area (Å²) in [6.07, 6.45) is 0. The van der Waals surface area contributed by atoms with E-state index >= 15 is 0 Å². The molecule has 134 valence electrons. The van der Waals surface area contributed by atoms with Crippen molar-refractivity contribution >= 4 is 13.0 Å². The van der Waals surface area contributed by atoms with Crippen LogP contribution in [0.15, 0.2) is 12.1 Å². The highest BCUT2D eigenvalue weighted by molar-refractivity contribution is 7.64. The van der Waals surface area contributed by atoms with Gasteiger partial charge in [-0.3, -0.25) is 0 Å². The van der Waals surface area contributed by atoms with Crippen LogP contribution in [-0.4, -0.2) is 28.1 Å². The van der Waals surface area contributed by atoms with E-state index in [1.165, 1.54) is 22.4 Å². The molecule has 1 aromatic rings. The van der Waals surface area contributed by atoms with E-state index in [2.05, 4.69) is 86.0 Å². The summed E-state index contributed by atoms with van der Waals surface area (Å²) in [5.41, 5.74) is 4.99. The molecular weight excluding hydrogens is 315 g/mol. The van der Waals surface area contributed by atoms with Gasteiger partial charge in [0.2, 0.25) is 0 Å². The molecule has 1 aromatic carbocycles. The molecule has 2 radical (unpaired) electrons. The third kappa shape index (κ3) is 3.18. The maximum Gasteiger partial charge on any atom is 0.183 e. The Labute approximate surface area is 148 Å². The molecule has 0 atom stereocenters. The Kier molecular flexibility index (Phi) is 5.03. The van der Waals surface area contributed by atoms with Gasteiger partial charge in [0, 0.05) is 29.1 Å². The minimum Gasteiger partial charge on any atom is -0.344 e. The second-order valence-corrected chi connectivity index (χ2v) is 13.4. The molecule has 1 heterocycles. The van der Waals surface area contributed by atoms with E-state index in [1.54, 1.807) is 0 Å². The van der Waals surface area contributed by atoms with Crippen LogP contribution in [0.4, 0.5) is 5.69 Å². The van der Waals surface area contributed by atoms with Crippen LogP contribution in [0.5, 0.6) is 0 Å². The summed E-state index contributed by atoms with van der Waals surface area (Å²) in [7, 11) is -2.65. The Morgan fingerprint density at radius 2 is 1.38 bits per heavy atom. The molecule has 0 aromatic heterocycles. The molecule has 0 saturated carbocycles. The molecule has 1 saturated heterocycles. The van der Waals surface area contributed by atoms with Gasteiger partial charge in [0.1, 0.15) is 0 Å². The molecule has 0 aliphatic carbocycles. The summed E-state index contributed by atoms with van der Waals surface area (Å²) in [4.78, 5) is 2.16. The normalized spacial score (nSPS) is 17.6. The fraction of sp³-hybridized carbons (Fsp3) is 0.650. The minimum atomic E-state index is -2.65. The molecule has 24 heavy (non-hydrogen) atoms. The average Bonchev–Trinajstić information content (AvgIpc) is 2.83. The van der Waals surface area contributed by atoms with Crippen molar-refractivity contribution in [3.63, 3.8) is 0 Å². The average molecular weight is 348 g/mol. The number of rotatable bonds is 2. The largest absolute Gasteiger partial charge is 0.344 e. The number of benzene rings is 1. The van der Waals surface area contributed by atoms with Crippen LogP contribution in [-0.2, 0) is 4.57 Å². The number of hydrogen-bond donors (Lipinski definition) is 0. The lowest BCUT2D eigenvalue weighted by molar-refractivity contribution is 0.443. The summed E-state index contributed by atoms with van der Waals surface area (Å²) in [5, 5.41) is -0.572. The summed E-state index contributed by atoms with van der Waals surface area (Å²) in [6.45, 7) is 24.0. The first-order valence-electron chi connectivity index (χ1n) is 8.79. The van der Waals surface area contributed by atoms with Gasteiger partial charge in [-0.25, -0.2) is 4.67 Å². The predicted octanol–water partition coefficient (Wildman–Crippen LogP) is 5.61. The lowest BCUT2D eigenvalue weighted by Crippen LogP contribution is -2.37. The van der Waals surface area contributed by atoms with E-state index in [1.807, 2.05) is 4.67 Å². The van der Waals surface area contributed by atoms with Gasteiger partial charge in [0.25, 0.3) is 0 Å². The number of anilines is 1. The molecule has 4 heteroatoms. The zero-order chi connectivity index (χ0) is 18.5. The molecule has 0 spiro atoms. The molecule has 2 rings (SSSR count). The SMILES string of the molecule is Cc1cc(C)c(N2[C]N(P(=O)(C(C)(C)C)C(C)(C)C)CC2)c(C)c1. The van der Waals surface area contributed by atoms with Gasteiger partial charge in [-0.15, -0.1) is 0 Å². The second-order valence-electron chi connectivity index (χ2n) is 9.04. The highest BCUT2D eigenvalue weighted by Crippen LogP contribution is 2.70. The summed E-state index contributed by atoms with van der Waals surface area (Å²) < 4.78 is 16.1. The van der Waals surface area contributed by atoms with Crippen LogP contribution in [0.25, 0.3) is 0 Å². The Hall–Kier alpha value is -0.790. The highest BCUT2D eigenvalue weighted by atomic mass is 31.2. The summed E-state index contributed by atoms with van der Waals surface area (Å²) in [5.74, 6) is 0. The van der Waals surface area contributed by atoms with Crippen molar-refractivity contribution in [3.05, 3.63) is 35.5 Å². The molecule has 0 bridgehead atoms. The number of hydrogen-bond acceptors (Lipinski definition) is 2. The second kappa shape index (κ2) is 6.18. The highest BCUT2D eigenvalue weighted by Gasteiger charge is 2.52. The zero-order valence-corrected chi connectivity index (χ0v) is 17.7. The number of aryl methyl sites for hydroxylation is 3. The van der Waals surface area contributed by atoms with E-state index in [0.717, 1.165) is 13.1 Å². The minimum absolute atomic E-state index is 0.286. The molecule has 1 aliphatic rings. The van der Waals surface area contributed by atoms with Crippen molar-refractivity contribution in [1.29, 1.82) is 0 Å². The third-order valence-corrected chi connectivity index (χ3v) is 9.44. The topological polar surface area (TPSA) is 23.6 Å². The number of nitrogens with zero attached hydrogens (tertiary/aromatic N) is 2. The summed E-state index contributed by atoms with van der Waals surface area (Å²) in [6, 6.07) is 4.42. The van der Waals surface area contributed by atoms with Gasteiger partial charge >= 0.3 is 0 Å². The van der Waals surface area contributed by atoms with Crippen LogP contribution in [0.3, 0.4) is 0 Å². The molecule has 0 unspecified atom stereocenters. The molecular formula is C20H33N2OP. The Bertz CT molecular complexity index is 626. The van der Waals surface area contributed by atoms with E-state index in [0.29, 0.717) is 0 Å². The van der Waals surface area contributed by atoms with Crippen molar-refractivity contribution in [2.75, 3.05) is 18.0 Å². The molecule has 3 nitrogen and oxygen atoms in total. The Balaban J connectivity index is 2.38. The zero-order valence-electron chi connectivity index (χ0n) is 16.8. The standard InChI is InChI=1S/C20H33N2OP/c1-15-12-16(2)18(17(3)13-15)21-10-11-22(14-21)24(23,19(4,5)6)20(7,8)9/h12-13H,10-11H2,1-9H3. The maximum absolute atomic E-state index is 14.1. The van der Waals surface area contributed by atoms with Gasteiger partial charge in [-0.2, -0.15) is 0 Å². The lowest BCUT2D eigenvalue weighted by atomic mass is 10.0. The van der Waals surface area contributed by atoms with E-state index in [9.17, 15) is 4.57 Å². The molecule has 0 N–H and O–H groups in total. The Morgan fingerprint density at radius 3 is 1.79 bits per heavy atom. The van der Waals surface area contributed by atoms with Crippen molar-refractivity contribution < 1.29 is 4.57 Å². The Morgan fingerprint density at radius 1 is 0.917 bits per heavy atom. The first-order valence-corrected chi connectivity index (χ1v) is 10.4. The van der Waals surface area contributed by atoms with Crippen molar-refractivity contribution in [3.8, 4) is 0 Å². The maximum atomic E-state index is 14.1. The van der Waals surface area contributed by atoms with Crippen LogP contribution in [0, 0.1) is 27.4 Å². The molecule has 1 fully saturated rings. The van der Waals surface area contributed by atoms with Crippen LogP contribution < -0.4 is 4.90 Å². The van der Waals surface area contributed by atoms with Gasteiger partial charge in [-0.1, -0.05) is 59.2 Å². The first-order chi connectivity index (χ1) is 10.8. The van der Waals surface area contributed by atoms with Gasteiger partial charge in [0.05, 0.1) is 0 Å². The molecule has 1 aliphatic heterocycles. The van der Waals surface area contributed by atoms with E-state index in [4.69, 9.17) is 0 Å². The van der Waals surface area contributed by atoms with Crippen LogP contribution in [0.1, 0.15) is 58.2 Å². The van der Waals surface area contributed by atoms with Crippen molar-refractivity contribution in [1.82, 2.24) is 4.67 Å². The smallest absolute Gasteiger partial charge is 0.183 e. The molecule has 0 amide bonds. The lowest BCUT2D eigenvalue weighted by Gasteiger charge is -2.45. The van der Waals surface area contributed by atoms with Gasteiger partial charge < -0.3 is 9.46 Å². The van der Waals surface area contributed by atoms with Gasteiger partial charge in [0.15, 0.2) is 14.0 Å². The quantitative estimate of drug-likeness (QED) is 0.650. The first kappa shape index (κ1) is 19.5. The van der Waals surface area contributed by atoms with Crippen LogP contribution in [0.2, 0.25) is 0 Å². The fourth-order valence-electron chi connectivity index (χ4n) is 4.13. The van der Waals surface area contributed by atoms with E-state index in [-0.39, 0.29) is 10.3 Å². The van der Waals surface area contributed by atoms with E-state index < -0.39 is 7.29 Å². The summed E-state index contributed by atoms with van der Waals surface area (Å²) >= 11 is 0. The van der Waals surface area contributed by atoms with Gasteiger partial charge in [-0.05, 0) is 31.9 Å². The fourth-order valence-corrected chi connectivity index (χ4v) is 8.19. The van der Waals surface area contributed by atoms with Crippen molar-refractivity contribution in [2.24, 2.45) is 0 Å². The monoisotopic (exact) mass is 348 g/mol.